The molecule has 0 aliphatic heterocycles. The van der Waals surface area contributed by atoms with Crippen molar-refractivity contribution >= 4 is 11.0 Å². The molecule has 0 saturated carbocycles. The molecule has 0 aromatic carbocycles. The molecule has 0 amide bonds. The Morgan fingerprint density at radius 3 is 1.85 bits per heavy atom. The molecule has 1 N–H and O–H groups in total. The Labute approximate surface area is 84.4 Å². The Morgan fingerprint density at radius 1 is 1.08 bits per heavy atom. The zero-order valence-electron chi connectivity index (χ0n) is 9.47. The van der Waals surface area contributed by atoms with Crippen LogP contribution < -0.4 is 4.72 Å². The van der Waals surface area contributed by atoms with E-state index in [2.05, 4.69) is 25.5 Å². The molecule has 0 aromatic rings. The van der Waals surface area contributed by atoms with Crippen LogP contribution in [0.5, 0.6) is 0 Å². The Hall–Kier alpha value is -0.310. The molecule has 0 heterocycles. The normalized spacial score (nSPS) is 16.2. The summed E-state index contributed by atoms with van der Waals surface area (Å²) < 4.78 is 14.2. The van der Waals surface area contributed by atoms with Crippen molar-refractivity contribution in [3.05, 3.63) is 12.3 Å². The summed E-state index contributed by atoms with van der Waals surface area (Å²) in [5.41, 5.74) is 0.134. The van der Waals surface area contributed by atoms with Gasteiger partial charge in [0.25, 0.3) is 0 Å². The summed E-state index contributed by atoms with van der Waals surface area (Å²) in [4.78, 5) is 0. The van der Waals surface area contributed by atoms with E-state index in [0.717, 1.165) is 0 Å². The fraction of sp³-hybridized carbons (Fsp3) is 0.800. The zero-order valence-corrected chi connectivity index (χ0v) is 10.3. The fourth-order valence-electron chi connectivity index (χ4n) is 0.523. The minimum absolute atomic E-state index is 0.134. The summed E-state index contributed by atoms with van der Waals surface area (Å²) in [5, 5.41) is 0. The highest BCUT2D eigenvalue weighted by atomic mass is 32.2. The summed E-state index contributed by atoms with van der Waals surface area (Å²) in [6.45, 7) is 12.1. The van der Waals surface area contributed by atoms with E-state index < -0.39 is 11.0 Å². The van der Waals surface area contributed by atoms with Gasteiger partial charge in [-0.2, -0.15) is 0 Å². The van der Waals surface area contributed by atoms with Gasteiger partial charge in [-0.15, -0.1) is 0 Å². The van der Waals surface area contributed by atoms with Crippen LogP contribution in [0.2, 0.25) is 0 Å². The largest absolute Gasteiger partial charge is 0.312 e. The van der Waals surface area contributed by atoms with Crippen LogP contribution in [0.4, 0.5) is 0 Å². The van der Waals surface area contributed by atoms with E-state index in [4.69, 9.17) is 0 Å². The molecule has 0 bridgehead atoms. The first-order valence-electron chi connectivity index (χ1n) is 4.49. The monoisotopic (exact) mass is 203 g/mol. The first-order valence-corrected chi connectivity index (χ1v) is 5.64. The fourth-order valence-corrected chi connectivity index (χ4v) is 1.07. The number of allylic oxidation sites excluding steroid dienone is 1. The molecule has 0 aromatic heterocycles. The van der Waals surface area contributed by atoms with Crippen molar-refractivity contribution in [2.24, 2.45) is 5.41 Å². The molecule has 0 saturated heterocycles. The molecular formula is C10H21NOS. The third kappa shape index (κ3) is 6.82. The van der Waals surface area contributed by atoms with Gasteiger partial charge in [-0.1, -0.05) is 26.8 Å². The van der Waals surface area contributed by atoms with E-state index in [-0.39, 0.29) is 10.2 Å². The van der Waals surface area contributed by atoms with Crippen molar-refractivity contribution < 1.29 is 4.21 Å². The average molecular weight is 203 g/mol. The molecule has 3 heteroatoms. The second-order valence-corrected chi connectivity index (χ2v) is 7.20. The predicted molar refractivity (Wildman–Crippen MR) is 59.6 cm³/mol. The van der Waals surface area contributed by atoms with Gasteiger partial charge in [-0.05, 0) is 26.2 Å². The molecule has 0 rings (SSSR count). The van der Waals surface area contributed by atoms with Gasteiger partial charge >= 0.3 is 0 Å². The van der Waals surface area contributed by atoms with Crippen LogP contribution in [0.3, 0.4) is 0 Å². The van der Waals surface area contributed by atoms with Gasteiger partial charge in [-0.25, -0.2) is 4.21 Å². The minimum atomic E-state index is -1.01. The first kappa shape index (κ1) is 12.7. The van der Waals surface area contributed by atoms with Crippen LogP contribution in [0.1, 0.15) is 41.5 Å². The molecule has 0 fully saturated rings. The highest BCUT2D eigenvalue weighted by Crippen LogP contribution is 2.14. The lowest BCUT2D eigenvalue weighted by atomic mass is 9.97. The summed E-state index contributed by atoms with van der Waals surface area (Å²) >= 11 is 0. The maximum Gasteiger partial charge on any atom is 0.122 e. The summed E-state index contributed by atoms with van der Waals surface area (Å²) in [6.07, 6.45) is 3.79. The minimum Gasteiger partial charge on any atom is -0.312 e. The van der Waals surface area contributed by atoms with Gasteiger partial charge in [0.05, 0.1) is 4.75 Å². The van der Waals surface area contributed by atoms with E-state index in [1.54, 1.807) is 6.20 Å². The van der Waals surface area contributed by atoms with Crippen molar-refractivity contribution in [1.82, 2.24) is 4.72 Å². The average Bonchev–Trinajstić information content (AvgIpc) is 1.82. The van der Waals surface area contributed by atoms with Gasteiger partial charge in [0.1, 0.15) is 11.0 Å². The summed E-state index contributed by atoms with van der Waals surface area (Å²) in [5.74, 6) is 0. The Kier molecular flexibility index (Phi) is 4.17. The molecule has 1 unspecified atom stereocenters. The van der Waals surface area contributed by atoms with Crippen LogP contribution in [0.25, 0.3) is 0 Å². The van der Waals surface area contributed by atoms with Crippen LogP contribution in [-0.2, 0) is 11.0 Å². The second-order valence-electron chi connectivity index (χ2n) is 5.20. The van der Waals surface area contributed by atoms with Gasteiger partial charge in [0.2, 0.25) is 0 Å². The Balaban J connectivity index is 4.06. The molecule has 13 heavy (non-hydrogen) atoms. The van der Waals surface area contributed by atoms with Gasteiger partial charge < -0.3 is 4.72 Å². The van der Waals surface area contributed by atoms with Gasteiger partial charge in [-0.3, -0.25) is 0 Å². The molecule has 2 nitrogen and oxygen atoms in total. The lowest BCUT2D eigenvalue weighted by molar-refractivity contribution is 0.542. The Morgan fingerprint density at radius 2 is 1.54 bits per heavy atom. The summed E-state index contributed by atoms with van der Waals surface area (Å²) in [6, 6.07) is 0. The van der Waals surface area contributed by atoms with Crippen LogP contribution in [0.15, 0.2) is 12.3 Å². The van der Waals surface area contributed by atoms with Crippen LogP contribution in [-0.4, -0.2) is 8.96 Å². The van der Waals surface area contributed by atoms with E-state index in [1.807, 2.05) is 26.8 Å². The molecule has 1 atom stereocenters. The highest BCUT2D eigenvalue weighted by Gasteiger charge is 2.18. The number of hydrogen-bond acceptors (Lipinski definition) is 1. The molecular weight excluding hydrogens is 182 g/mol. The molecule has 0 spiro atoms. The number of hydrogen-bond donors (Lipinski definition) is 1. The van der Waals surface area contributed by atoms with Crippen molar-refractivity contribution in [1.29, 1.82) is 0 Å². The van der Waals surface area contributed by atoms with Gasteiger partial charge in [0, 0.05) is 6.20 Å². The molecule has 0 aliphatic carbocycles. The van der Waals surface area contributed by atoms with E-state index in [0.29, 0.717) is 0 Å². The maximum atomic E-state index is 11.5. The van der Waals surface area contributed by atoms with Crippen molar-refractivity contribution in [2.75, 3.05) is 0 Å². The Bertz CT molecular complexity index is 208. The number of nitrogens with one attached hydrogen (secondary N) is 1. The standard InChI is InChI=1S/C10H21NOS/c1-9(2,3)7-8-11-13(12)10(4,5)6/h7-8,11H,1-6H3. The van der Waals surface area contributed by atoms with E-state index in [1.165, 1.54) is 0 Å². The quantitative estimate of drug-likeness (QED) is 0.734. The summed E-state index contributed by atoms with van der Waals surface area (Å²) in [7, 11) is -1.01. The molecule has 0 aliphatic rings. The maximum absolute atomic E-state index is 11.5. The smallest absolute Gasteiger partial charge is 0.122 e. The number of rotatable bonds is 2. The van der Waals surface area contributed by atoms with Gasteiger partial charge in [0.15, 0.2) is 0 Å². The highest BCUT2D eigenvalue weighted by molar-refractivity contribution is 7.84. The lowest BCUT2D eigenvalue weighted by Gasteiger charge is -2.17. The first-order chi connectivity index (χ1) is 5.63. The molecule has 0 radical (unpaired) electrons. The van der Waals surface area contributed by atoms with E-state index in [9.17, 15) is 4.21 Å². The van der Waals surface area contributed by atoms with Crippen molar-refractivity contribution in [3.63, 3.8) is 0 Å². The topological polar surface area (TPSA) is 29.1 Å². The third-order valence-electron chi connectivity index (χ3n) is 1.31. The van der Waals surface area contributed by atoms with E-state index >= 15 is 0 Å². The molecule has 78 valence electrons. The third-order valence-corrected chi connectivity index (χ3v) is 2.78. The zero-order chi connectivity index (χ0) is 10.7. The predicted octanol–water partition coefficient (Wildman–Crippen LogP) is 2.60. The van der Waals surface area contributed by atoms with Crippen molar-refractivity contribution in [3.8, 4) is 0 Å². The SMILES string of the molecule is CC(C)(C)C=CNS(=O)C(C)(C)C. The lowest BCUT2D eigenvalue weighted by Crippen LogP contribution is -2.30. The van der Waals surface area contributed by atoms with Crippen molar-refractivity contribution in [2.45, 2.75) is 46.3 Å². The van der Waals surface area contributed by atoms with Crippen LogP contribution in [0, 0.1) is 5.41 Å². The van der Waals surface area contributed by atoms with Crippen LogP contribution >= 0.6 is 0 Å². The second kappa shape index (κ2) is 4.27.